The molecular formula is C19H22Cl3NO3S. The molecule has 0 saturated carbocycles. The first-order chi connectivity index (χ1) is 13.0. The fraction of sp³-hybridized carbons (Fsp3) is 0.421. The number of hydrogen-bond acceptors (Lipinski definition) is 5. The molecule has 0 N–H and O–H groups in total. The lowest BCUT2D eigenvalue weighted by molar-refractivity contribution is 0.285. The minimum Gasteiger partial charge on any atom is -0.493 e. The predicted molar refractivity (Wildman–Crippen MR) is 113 cm³/mol. The number of aryl methyl sites for hydroxylation is 1. The second kappa shape index (κ2) is 12.3. The van der Waals surface area contributed by atoms with Crippen LogP contribution in [0.1, 0.15) is 31.4 Å². The van der Waals surface area contributed by atoms with Gasteiger partial charge in [0, 0.05) is 16.5 Å². The average Bonchev–Trinajstić information content (AvgIpc) is 3.02. The third kappa shape index (κ3) is 9.56. The van der Waals surface area contributed by atoms with Crippen LogP contribution in [0.3, 0.4) is 0 Å². The van der Waals surface area contributed by atoms with Crippen LogP contribution in [0.25, 0.3) is 0 Å². The van der Waals surface area contributed by atoms with E-state index in [0.717, 1.165) is 36.6 Å². The van der Waals surface area contributed by atoms with Crippen molar-refractivity contribution in [1.29, 1.82) is 0 Å². The summed E-state index contributed by atoms with van der Waals surface area (Å²) in [5.41, 5.74) is 1.00. The van der Waals surface area contributed by atoms with Crippen LogP contribution in [0.2, 0.25) is 5.02 Å². The van der Waals surface area contributed by atoms with E-state index in [4.69, 9.17) is 49.0 Å². The summed E-state index contributed by atoms with van der Waals surface area (Å²) in [6, 6.07) is 5.28. The van der Waals surface area contributed by atoms with Gasteiger partial charge >= 0.3 is 0 Å². The Bertz CT molecular complexity index is 733. The van der Waals surface area contributed by atoms with Gasteiger partial charge in [0.25, 0.3) is 5.19 Å². The van der Waals surface area contributed by atoms with E-state index in [2.05, 4.69) is 4.98 Å². The Morgan fingerprint density at radius 3 is 2.30 bits per heavy atom. The van der Waals surface area contributed by atoms with Gasteiger partial charge in [-0.05, 0) is 50.8 Å². The summed E-state index contributed by atoms with van der Waals surface area (Å²) in [6.45, 7) is 3.55. The lowest BCUT2D eigenvalue weighted by Crippen LogP contribution is -2.00. The largest absolute Gasteiger partial charge is 0.493 e. The first-order valence-corrected chi connectivity index (χ1v) is 10.7. The number of thiazole rings is 1. The molecule has 2 rings (SSSR count). The summed E-state index contributed by atoms with van der Waals surface area (Å²) in [7, 11) is 0. The number of rotatable bonds is 12. The van der Waals surface area contributed by atoms with E-state index in [-0.39, 0.29) is 11.1 Å². The first-order valence-electron chi connectivity index (χ1n) is 8.65. The van der Waals surface area contributed by atoms with Gasteiger partial charge in [0.1, 0.15) is 22.6 Å². The summed E-state index contributed by atoms with van der Waals surface area (Å²) in [6.07, 6.45) is 5.68. The van der Waals surface area contributed by atoms with Crippen molar-refractivity contribution in [2.45, 2.75) is 32.6 Å². The number of halogens is 3. The monoisotopic (exact) mass is 449 g/mol. The van der Waals surface area contributed by atoms with Crippen LogP contribution in [-0.4, -0.2) is 24.8 Å². The third-order valence-corrected chi connectivity index (χ3v) is 4.86. The van der Waals surface area contributed by atoms with Crippen molar-refractivity contribution in [3.8, 4) is 16.7 Å². The summed E-state index contributed by atoms with van der Waals surface area (Å²) in [5, 5.41) is 3.29. The molecule has 1 aromatic heterocycles. The molecule has 2 aromatic rings. The van der Waals surface area contributed by atoms with Crippen LogP contribution in [0, 0.1) is 6.92 Å². The summed E-state index contributed by atoms with van der Waals surface area (Å²) >= 11 is 18.7. The van der Waals surface area contributed by atoms with E-state index in [0.29, 0.717) is 29.7 Å². The van der Waals surface area contributed by atoms with Crippen LogP contribution >= 0.6 is 46.1 Å². The molecule has 0 aliphatic rings. The Morgan fingerprint density at radius 1 is 1.00 bits per heavy atom. The quantitative estimate of drug-likeness (QED) is 0.333. The fourth-order valence-corrected chi connectivity index (χ4v) is 3.22. The normalized spacial score (nSPS) is 10.5. The number of nitrogens with zero attached hydrogens (tertiary/aromatic N) is 1. The molecule has 0 radical (unpaired) electrons. The van der Waals surface area contributed by atoms with E-state index in [1.165, 1.54) is 11.3 Å². The van der Waals surface area contributed by atoms with Crippen molar-refractivity contribution >= 4 is 46.1 Å². The zero-order valence-electron chi connectivity index (χ0n) is 15.1. The molecule has 27 heavy (non-hydrogen) atoms. The molecule has 0 saturated heterocycles. The highest BCUT2D eigenvalue weighted by atomic mass is 35.5. The van der Waals surface area contributed by atoms with E-state index >= 15 is 0 Å². The first kappa shape index (κ1) is 22.2. The molecule has 0 fully saturated rings. The fourth-order valence-electron chi connectivity index (χ4n) is 2.21. The lowest BCUT2D eigenvalue weighted by atomic mass is 10.2. The molecule has 0 amide bonds. The number of unbranched alkanes of at least 4 members (excludes halogenated alkanes) is 3. The van der Waals surface area contributed by atoms with Gasteiger partial charge in [-0.3, -0.25) is 0 Å². The lowest BCUT2D eigenvalue weighted by Gasteiger charge is -2.10. The average molecular weight is 451 g/mol. The number of benzene rings is 1. The molecule has 148 valence electrons. The second-order valence-electron chi connectivity index (χ2n) is 5.79. The van der Waals surface area contributed by atoms with Gasteiger partial charge in [0.2, 0.25) is 0 Å². The highest BCUT2D eigenvalue weighted by Crippen LogP contribution is 2.26. The van der Waals surface area contributed by atoms with Crippen LogP contribution in [0.15, 0.2) is 34.1 Å². The van der Waals surface area contributed by atoms with Gasteiger partial charge in [0.15, 0.2) is 0 Å². The number of aromatic nitrogens is 1. The Hall–Kier alpha value is -1.14. The van der Waals surface area contributed by atoms with Crippen molar-refractivity contribution in [3.05, 3.63) is 44.9 Å². The number of ether oxygens (including phenoxy) is 3. The molecule has 0 bridgehead atoms. The maximum Gasteiger partial charge on any atom is 0.273 e. The molecule has 0 unspecified atom stereocenters. The molecule has 0 aliphatic heterocycles. The minimum absolute atomic E-state index is 0.167. The standard InChI is InChI=1S/C19H22Cl3NO3S/c1-14-13-27-19(23-14)26-8-5-3-2-4-7-24-16-10-15(20)11-17(12-16)25-9-6-18(21)22/h6,10-13H,2-5,7-9H2,1H3. The van der Waals surface area contributed by atoms with E-state index in [1.807, 2.05) is 12.3 Å². The SMILES string of the molecule is Cc1csc(OCCCCCCOc2cc(Cl)cc(OCC=C(Cl)Cl)c2)n1. The van der Waals surface area contributed by atoms with Crippen molar-refractivity contribution in [2.24, 2.45) is 0 Å². The van der Waals surface area contributed by atoms with Crippen molar-refractivity contribution in [2.75, 3.05) is 19.8 Å². The van der Waals surface area contributed by atoms with Gasteiger partial charge in [-0.15, -0.1) is 0 Å². The van der Waals surface area contributed by atoms with Crippen molar-refractivity contribution < 1.29 is 14.2 Å². The number of hydrogen-bond donors (Lipinski definition) is 0. The molecular weight excluding hydrogens is 429 g/mol. The highest BCUT2D eigenvalue weighted by Gasteiger charge is 2.03. The third-order valence-electron chi connectivity index (χ3n) is 3.46. The maximum atomic E-state index is 6.10. The van der Waals surface area contributed by atoms with E-state index in [9.17, 15) is 0 Å². The smallest absolute Gasteiger partial charge is 0.273 e. The van der Waals surface area contributed by atoms with Gasteiger partial charge in [-0.25, -0.2) is 4.98 Å². The summed E-state index contributed by atoms with van der Waals surface area (Å²) in [5.74, 6) is 1.29. The predicted octanol–water partition coefficient (Wildman–Crippen LogP) is 6.82. The van der Waals surface area contributed by atoms with E-state index < -0.39 is 0 Å². The molecule has 1 heterocycles. The Labute approximate surface area is 179 Å². The summed E-state index contributed by atoms with van der Waals surface area (Å²) in [4.78, 5) is 4.27. The zero-order chi connectivity index (χ0) is 19.5. The van der Waals surface area contributed by atoms with Crippen LogP contribution < -0.4 is 14.2 Å². The topological polar surface area (TPSA) is 40.6 Å². The van der Waals surface area contributed by atoms with Crippen LogP contribution in [0.5, 0.6) is 16.7 Å². The summed E-state index contributed by atoms with van der Waals surface area (Å²) < 4.78 is 17.1. The van der Waals surface area contributed by atoms with Crippen LogP contribution in [0.4, 0.5) is 0 Å². The Balaban J connectivity index is 1.59. The van der Waals surface area contributed by atoms with Crippen molar-refractivity contribution in [3.63, 3.8) is 0 Å². The van der Waals surface area contributed by atoms with Crippen molar-refractivity contribution in [1.82, 2.24) is 4.98 Å². The van der Waals surface area contributed by atoms with E-state index in [1.54, 1.807) is 24.3 Å². The van der Waals surface area contributed by atoms with Gasteiger partial charge in [0.05, 0.1) is 18.9 Å². The Kier molecular flexibility index (Phi) is 10.1. The maximum absolute atomic E-state index is 6.10. The highest BCUT2D eigenvalue weighted by molar-refractivity contribution is 7.11. The Morgan fingerprint density at radius 2 is 1.67 bits per heavy atom. The van der Waals surface area contributed by atoms with Gasteiger partial charge in [-0.2, -0.15) is 0 Å². The molecule has 4 nitrogen and oxygen atoms in total. The molecule has 0 spiro atoms. The van der Waals surface area contributed by atoms with Crippen LogP contribution in [-0.2, 0) is 0 Å². The molecule has 0 atom stereocenters. The van der Waals surface area contributed by atoms with Gasteiger partial charge < -0.3 is 14.2 Å². The second-order valence-corrected chi connectivity index (χ2v) is 8.06. The molecule has 0 aliphatic carbocycles. The van der Waals surface area contributed by atoms with Gasteiger partial charge in [-0.1, -0.05) is 46.1 Å². The minimum atomic E-state index is 0.167. The molecule has 8 heteroatoms. The zero-order valence-corrected chi connectivity index (χ0v) is 18.1. The molecule has 1 aromatic carbocycles.